The molecule has 0 saturated heterocycles. The van der Waals surface area contributed by atoms with Crippen LogP contribution in [-0.4, -0.2) is 20.5 Å². The van der Waals surface area contributed by atoms with Gasteiger partial charge in [0.1, 0.15) is 5.82 Å². The number of fused-ring (bicyclic) bond motifs is 1. The zero-order valence-electron chi connectivity index (χ0n) is 8.99. The van der Waals surface area contributed by atoms with Crippen molar-refractivity contribution in [1.82, 2.24) is 14.6 Å². The van der Waals surface area contributed by atoms with Gasteiger partial charge in [-0.05, 0) is 35.6 Å². The van der Waals surface area contributed by atoms with Crippen LogP contribution < -0.4 is 5.32 Å². The molecule has 0 bridgehead atoms. The van der Waals surface area contributed by atoms with Crippen LogP contribution in [-0.2, 0) is 4.79 Å². The number of carbonyl (C=O) groups excluding carboxylic acids is 1. The molecule has 0 radical (unpaired) electrons. The summed E-state index contributed by atoms with van der Waals surface area (Å²) in [6.07, 6.45) is 2.39. The molecule has 6 heteroatoms. The summed E-state index contributed by atoms with van der Waals surface area (Å²) in [7, 11) is 0. The molecule has 2 aromatic heterocycles. The van der Waals surface area contributed by atoms with Crippen molar-refractivity contribution in [3.05, 3.63) is 21.7 Å². The number of aromatic nitrogens is 3. The van der Waals surface area contributed by atoms with Gasteiger partial charge < -0.3 is 5.32 Å². The first-order valence-corrected chi connectivity index (χ1v) is 6.00. The fraction of sp³-hybridized carbons (Fsp3) is 0.300. The Bertz CT molecular complexity index is 549. The van der Waals surface area contributed by atoms with Crippen LogP contribution >= 0.6 is 22.6 Å². The highest BCUT2D eigenvalue weighted by Crippen LogP contribution is 2.19. The van der Waals surface area contributed by atoms with Gasteiger partial charge in [0.25, 0.3) is 0 Å². The van der Waals surface area contributed by atoms with E-state index in [1.807, 2.05) is 30.5 Å². The third-order valence-corrected chi connectivity index (χ3v) is 2.83. The van der Waals surface area contributed by atoms with E-state index in [-0.39, 0.29) is 5.91 Å². The van der Waals surface area contributed by atoms with Gasteiger partial charge in [-0.3, -0.25) is 9.20 Å². The van der Waals surface area contributed by atoms with Crippen LogP contribution in [0.15, 0.2) is 12.3 Å². The second kappa shape index (κ2) is 4.36. The number of amides is 1. The number of hydrogen-bond donors (Lipinski definition) is 1. The lowest BCUT2D eigenvalue weighted by Crippen LogP contribution is -2.11. The van der Waals surface area contributed by atoms with Gasteiger partial charge in [-0.1, -0.05) is 6.92 Å². The van der Waals surface area contributed by atoms with Gasteiger partial charge >= 0.3 is 0 Å². The zero-order valence-corrected chi connectivity index (χ0v) is 11.1. The molecule has 0 aliphatic heterocycles. The standard InChI is InChI=1S/C10H11IN4O/c1-3-9(16)12-8-4-7(11)5-15-6(2)13-14-10(8)15/h4-5H,3H2,1-2H3,(H,12,16). The first-order chi connectivity index (χ1) is 7.61. The van der Waals surface area contributed by atoms with E-state index in [1.165, 1.54) is 0 Å². The third-order valence-electron chi connectivity index (χ3n) is 2.24. The third kappa shape index (κ3) is 2.01. The number of rotatable bonds is 2. The second-order valence-corrected chi connectivity index (χ2v) is 4.66. The molecule has 16 heavy (non-hydrogen) atoms. The topological polar surface area (TPSA) is 59.3 Å². The number of anilines is 1. The minimum atomic E-state index is -0.0236. The van der Waals surface area contributed by atoms with E-state index in [9.17, 15) is 4.79 Å². The van der Waals surface area contributed by atoms with Gasteiger partial charge in [-0.25, -0.2) is 0 Å². The molecular formula is C10H11IN4O. The Balaban J connectivity index is 2.55. The first kappa shape index (κ1) is 11.3. The molecule has 2 aromatic rings. The van der Waals surface area contributed by atoms with E-state index >= 15 is 0 Å². The van der Waals surface area contributed by atoms with Crippen molar-refractivity contribution in [2.45, 2.75) is 20.3 Å². The first-order valence-electron chi connectivity index (χ1n) is 4.92. The molecule has 1 N–H and O–H groups in total. The Kier molecular flexibility index (Phi) is 3.08. The number of halogens is 1. The van der Waals surface area contributed by atoms with Crippen molar-refractivity contribution in [3.63, 3.8) is 0 Å². The van der Waals surface area contributed by atoms with Crippen molar-refractivity contribution < 1.29 is 4.79 Å². The predicted molar refractivity (Wildman–Crippen MR) is 69.4 cm³/mol. The Labute approximate surface area is 106 Å². The Morgan fingerprint density at radius 2 is 2.31 bits per heavy atom. The molecule has 1 amide bonds. The Morgan fingerprint density at radius 3 is 3.00 bits per heavy atom. The number of pyridine rings is 1. The SMILES string of the molecule is CCC(=O)Nc1cc(I)cn2c(C)nnc12. The van der Waals surface area contributed by atoms with E-state index < -0.39 is 0 Å². The maximum Gasteiger partial charge on any atom is 0.224 e. The molecular weight excluding hydrogens is 319 g/mol. The molecule has 2 heterocycles. The fourth-order valence-electron chi connectivity index (χ4n) is 1.40. The van der Waals surface area contributed by atoms with E-state index in [0.717, 1.165) is 9.39 Å². The lowest BCUT2D eigenvalue weighted by atomic mass is 10.3. The van der Waals surface area contributed by atoms with Crippen LogP contribution in [0.4, 0.5) is 5.69 Å². The number of aryl methyl sites for hydroxylation is 1. The van der Waals surface area contributed by atoms with Crippen LogP contribution in [0.2, 0.25) is 0 Å². The van der Waals surface area contributed by atoms with Gasteiger partial charge in [0.15, 0.2) is 5.65 Å². The average molecular weight is 330 g/mol. The van der Waals surface area contributed by atoms with Gasteiger partial charge in [0, 0.05) is 16.2 Å². The number of hydrogen-bond acceptors (Lipinski definition) is 3. The highest BCUT2D eigenvalue weighted by molar-refractivity contribution is 14.1. The average Bonchev–Trinajstić information content (AvgIpc) is 2.60. The summed E-state index contributed by atoms with van der Waals surface area (Å²) in [5, 5.41) is 10.9. The predicted octanol–water partition coefficient (Wildman–Crippen LogP) is 1.99. The highest BCUT2D eigenvalue weighted by atomic mass is 127. The summed E-state index contributed by atoms with van der Waals surface area (Å²) in [5.41, 5.74) is 1.39. The van der Waals surface area contributed by atoms with Crippen LogP contribution in [0.5, 0.6) is 0 Å². The van der Waals surface area contributed by atoms with Crippen LogP contribution in [0.1, 0.15) is 19.2 Å². The number of carbonyl (C=O) groups is 1. The monoisotopic (exact) mass is 330 g/mol. The van der Waals surface area contributed by atoms with E-state index in [1.54, 1.807) is 0 Å². The van der Waals surface area contributed by atoms with Gasteiger partial charge in [0.05, 0.1) is 5.69 Å². The van der Waals surface area contributed by atoms with Crippen molar-refractivity contribution in [1.29, 1.82) is 0 Å². The Morgan fingerprint density at radius 1 is 1.56 bits per heavy atom. The molecule has 0 aromatic carbocycles. The summed E-state index contributed by atoms with van der Waals surface area (Å²) in [6.45, 7) is 3.69. The number of nitrogens with one attached hydrogen (secondary N) is 1. The van der Waals surface area contributed by atoms with Gasteiger partial charge in [-0.2, -0.15) is 0 Å². The van der Waals surface area contributed by atoms with Crippen molar-refractivity contribution in [2.75, 3.05) is 5.32 Å². The lowest BCUT2D eigenvalue weighted by Gasteiger charge is -2.06. The van der Waals surface area contributed by atoms with E-state index in [4.69, 9.17) is 0 Å². The molecule has 0 aliphatic rings. The normalized spacial score (nSPS) is 10.7. The van der Waals surface area contributed by atoms with Crippen molar-refractivity contribution >= 4 is 39.8 Å². The summed E-state index contributed by atoms with van der Waals surface area (Å²) in [5.74, 6) is 0.782. The molecule has 0 aliphatic carbocycles. The van der Waals surface area contributed by atoms with Gasteiger partial charge in [0.2, 0.25) is 5.91 Å². The largest absolute Gasteiger partial charge is 0.323 e. The molecule has 0 fully saturated rings. The van der Waals surface area contributed by atoms with E-state index in [0.29, 0.717) is 17.8 Å². The summed E-state index contributed by atoms with van der Waals surface area (Å²) in [6, 6.07) is 1.89. The molecule has 84 valence electrons. The maximum absolute atomic E-state index is 11.4. The fourth-order valence-corrected chi connectivity index (χ4v) is 1.99. The number of nitrogens with zero attached hydrogens (tertiary/aromatic N) is 3. The quantitative estimate of drug-likeness (QED) is 0.857. The summed E-state index contributed by atoms with van der Waals surface area (Å²) < 4.78 is 2.90. The van der Waals surface area contributed by atoms with Crippen LogP contribution in [0.3, 0.4) is 0 Å². The highest BCUT2D eigenvalue weighted by Gasteiger charge is 2.09. The van der Waals surface area contributed by atoms with Gasteiger partial charge in [-0.15, -0.1) is 10.2 Å². The van der Waals surface area contributed by atoms with Crippen LogP contribution in [0.25, 0.3) is 5.65 Å². The van der Waals surface area contributed by atoms with E-state index in [2.05, 4.69) is 38.1 Å². The summed E-state index contributed by atoms with van der Waals surface area (Å²) in [4.78, 5) is 11.4. The zero-order chi connectivity index (χ0) is 11.7. The maximum atomic E-state index is 11.4. The molecule has 0 spiro atoms. The smallest absolute Gasteiger partial charge is 0.224 e. The molecule has 2 rings (SSSR count). The van der Waals surface area contributed by atoms with Crippen molar-refractivity contribution in [2.24, 2.45) is 0 Å². The minimum Gasteiger partial charge on any atom is -0.323 e. The van der Waals surface area contributed by atoms with Crippen LogP contribution in [0, 0.1) is 10.5 Å². The molecule has 5 nitrogen and oxygen atoms in total. The Hall–Kier alpha value is -1.18. The molecule has 0 saturated carbocycles. The second-order valence-electron chi connectivity index (χ2n) is 3.41. The molecule has 0 atom stereocenters. The summed E-state index contributed by atoms with van der Waals surface area (Å²) >= 11 is 2.20. The minimum absolute atomic E-state index is 0.0236. The van der Waals surface area contributed by atoms with Crippen molar-refractivity contribution in [3.8, 4) is 0 Å². The lowest BCUT2D eigenvalue weighted by molar-refractivity contribution is -0.115. The molecule has 0 unspecified atom stereocenters.